The molecular weight excluding hydrogens is 468 g/mol. The van der Waals surface area contributed by atoms with Crippen LogP contribution in [-0.2, 0) is 9.53 Å². The number of hydrogen-bond acceptors (Lipinski definition) is 5. The van der Waals surface area contributed by atoms with Crippen molar-refractivity contribution in [1.29, 1.82) is 0 Å². The Kier molecular flexibility index (Phi) is 8.82. The Morgan fingerprint density at radius 1 is 1.24 bits per heavy atom. The number of nitrogens with one attached hydrogen (secondary N) is 1. The van der Waals surface area contributed by atoms with Crippen LogP contribution in [0, 0.1) is 11.6 Å². The lowest BCUT2D eigenvalue weighted by Crippen LogP contribution is -2.41. The lowest BCUT2D eigenvalue weighted by atomic mass is 10.0. The smallest absolute Gasteiger partial charge is 0.257 e. The van der Waals surface area contributed by atoms with Crippen LogP contribution in [0.25, 0.3) is 0 Å². The topological polar surface area (TPSA) is 93.9 Å². The van der Waals surface area contributed by atoms with Crippen LogP contribution in [0.1, 0.15) is 48.7 Å². The average molecular weight is 496 g/mol. The number of carbonyl (C=O) groups excluding carboxylic acids is 2. The van der Waals surface area contributed by atoms with Gasteiger partial charge in [-0.3, -0.25) is 9.59 Å². The van der Waals surface area contributed by atoms with Gasteiger partial charge in [0.05, 0.1) is 23.8 Å². The van der Waals surface area contributed by atoms with Crippen molar-refractivity contribution >= 4 is 23.4 Å². The molecule has 1 saturated heterocycles. The molecule has 1 heterocycles. The molecule has 0 unspecified atom stereocenters. The van der Waals surface area contributed by atoms with Crippen molar-refractivity contribution in [1.82, 2.24) is 10.2 Å². The number of amides is 2. The fourth-order valence-electron chi connectivity index (χ4n) is 3.83. The van der Waals surface area contributed by atoms with Crippen LogP contribution in [0.5, 0.6) is 11.5 Å². The molecule has 2 aromatic rings. The third kappa shape index (κ3) is 6.22. The summed E-state index contributed by atoms with van der Waals surface area (Å²) in [5, 5.41) is 3.20. The van der Waals surface area contributed by atoms with Gasteiger partial charge in [-0.2, -0.15) is 0 Å². The minimum Gasteiger partial charge on any atom is -0.453 e. The van der Waals surface area contributed by atoms with Gasteiger partial charge < -0.3 is 25.4 Å². The van der Waals surface area contributed by atoms with Gasteiger partial charge in [-0.15, -0.1) is 0 Å². The summed E-state index contributed by atoms with van der Waals surface area (Å²) in [6.07, 6.45) is 0.625. The molecule has 1 aliphatic rings. The van der Waals surface area contributed by atoms with Crippen LogP contribution in [0.15, 0.2) is 30.3 Å². The first-order valence-electron chi connectivity index (χ1n) is 11.1. The summed E-state index contributed by atoms with van der Waals surface area (Å²) in [5.41, 5.74) is 5.37. The fraction of sp³-hybridized carbons (Fsp3) is 0.417. The Bertz CT molecular complexity index is 1050. The molecular formula is C24H28ClF2N3O4. The Hall–Kier alpha value is -2.75. The number of benzene rings is 2. The summed E-state index contributed by atoms with van der Waals surface area (Å²) in [6.45, 7) is 5.11. The summed E-state index contributed by atoms with van der Waals surface area (Å²) < 4.78 is 40.9. The second-order valence-electron chi connectivity index (χ2n) is 8.13. The predicted molar refractivity (Wildman–Crippen MR) is 124 cm³/mol. The Balaban J connectivity index is 1.86. The Labute approximate surface area is 202 Å². The summed E-state index contributed by atoms with van der Waals surface area (Å²) >= 11 is 6.22. The number of rotatable bonds is 9. The van der Waals surface area contributed by atoms with Crippen molar-refractivity contribution in [3.05, 3.63) is 58.1 Å². The first kappa shape index (κ1) is 25.9. The van der Waals surface area contributed by atoms with Gasteiger partial charge in [0.25, 0.3) is 5.91 Å². The van der Waals surface area contributed by atoms with Crippen LogP contribution in [-0.4, -0.2) is 49.1 Å². The highest BCUT2D eigenvalue weighted by Crippen LogP contribution is 2.37. The third-order valence-electron chi connectivity index (χ3n) is 5.54. The van der Waals surface area contributed by atoms with E-state index in [1.807, 2.05) is 6.92 Å². The third-order valence-corrected chi connectivity index (χ3v) is 5.84. The number of carbonyl (C=O) groups is 2. The Morgan fingerprint density at radius 3 is 2.59 bits per heavy atom. The van der Waals surface area contributed by atoms with Crippen molar-refractivity contribution in [2.45, 2.75) is 38.8 Å². The van der Waals surface area contributed by atoms with E-state index in [1.54, 1.807) is 13.0 Å². The normalized spacial score (nSPS) is 15.6. The molecule has 3 N–H and O–H groups in total. The molecule has 2 atom stereocenters. The quantitative estimate of drug-likeness (QED) is 0.544. The minimum atomic E-state index is -0.706. The fourth-order valence-corrected chi connectivity index (χ4v) is 4.01. The highest BCUT2D eigenvalue weighted by atomic mass is 35.5. The molecule has 1 aliphatic heterocycles. The van der Waals surface area contributed by atoms with Crippen molar-refractivity contribution in [3.8, 4) is 11.5 Å². The number of morpholine rings is 1. The molecule has 184 valence electrons. The maximum atomic E-state index is 15.5. The zero-order chi connectivity index (χ0) is 24.8. The van der Waals surface area contributed by atoms with E-state index in [0.29, 0.717) is 38.3 Å². The molecule has 1 fully saturated rings. The van der Waals surface area contributed by atoms with Crippen molar-refractivity contribution in [2.24, 2.45) is 5.73 Å². The molecule has 0 saturated carbocycles. The molecule has 0 bridgehead atoms. The van der Waals surface area contributed by atoms with E-state index in [4.69, 9.17) is 26.8 Å². The molecule has 0 aromatic heterocycles. The van der Waals surface area contributed by atoms with E-state index in [2.05, 4.69) is 5.32 Å². The molecule has 2 aromatic carbocycles. The zero-order valence-electron chi connectivity index (χ0n) is 19.1. The highest BCUT2D eigenvalue weighted by molar-refractivity contribution is 6.32. The lowest BCUT2D eigenvalue weighted by Gasteiger charge is -2.27. The molecule has 2 amide bonds. The molecule has 10 heteroatoms. The number of ether oxygens (including phenoxy) is 2. The second-order valence-corrected chi connectivity index (χ2v) is 8.53. The molecule has 0 spiro atoms. The van der Waals surface area contributed by atoms with Crippen molar-refractivity contribution in [3.63, 3.8) is 0 Å². The second kappa shape index (κ2) is 11.6. The largest absolute Gasteiger partial charge is 0.453 e. The van der Waals surface area contributed by atoms with Gasteiger partial charge in [-0.1, -0.05) is 24.6 Å². The van der Waals surface area contributed by atoms with Gasteiger partial charge in [0.2, 0.25) is 5.91 Å². The summed E-state index contributed by atoms with van der Waals surface area (Å²) in [6, 6.07) is 5.98. The predicted octanol–water partition coefficient (Wildman–Crippen LogP) is 4.19. The highest BCUT2D eigenvalue weighted by Gasteiger charge is 2.25. The maximum absolute atomic E-state index is 15.5. The van der Waals surface area contributed by atoms with E-state index >= 15 is 4.39 Å². The summed E-state index contributed by atoms with van der Waals surface area (Å²) in [7, 11) is 0. The average Bonchev–Trinajstić information content (AvgIpc) is 2.81. The molecule has 0 aliphatic carbocycles. The molecule has 3 rings (SSSR count). The number of primary amides is 1. The standard InChI is InChI=1S/C24H28ClF2N3O4/c1-3-20(29-14(2)12-21(28)31)16-5-6-18(25)23(22(16)27)34-15-4-7-19(26)17(13-15)24(32)30-8-10-33-11-9-30/h4-7,13-14,20,29H,3,8-12H2,1-2H3,(H2,28,31)/t14-,20-/m1/s1. The van der Waals surface area contributed by atoms with Gasteiger partial charge in [-0.25, -0.2) is 8.78 Å². The van der Waals surface area contributed by atoms with Gasteiger partial charge in [0, 0.05) is 37.2 Å². The number of hydrogen-bond donors (Lipinski definition) is 2. The number of halogens is 3. The van der Waals surface area contributed by atoms with Crippen molar-refractivity contribution in [2.75, 3.05) is 26.3 Å². The van der Waals surface area contributed by atoms with Crippen LogP contribution < -0.4 is 15.8 Å². The summed E-state index contributed by atoms with van der Waals surface area (Å²) in [4.78, 5) is 25.4. The first-order chi connectivity index (χ1) is 16.2. The Morgan fingerprint density at radius 2 is 1.94 bits per heavy atom. The maximum Gasteiger partial charge on any atom is 0.257 e. The first-order valence-corrected chi connectivity index (χ1v) is 11.5. The van der Waals surface area contributed by atoms with Crippen LogP contribution in [0.4, 0.5) is 8.78 Å². The summed E-state index contributed by atoms with van der Waals surface area (Å²) in [5.74, 6) is -2.52. The van der Waals surface area contributed by atoms with Crippen molar-refractivity contribution < 1.29 is 27.8 Å². The van der Waals surface area contributed by atoms with Crippen LogP contribution >= 0.6 is 11.6 Å². The van der Waals surface area contributed by atoms with E-state index in [1.165, 1.54) is 23.1 Å². The molecule has 0 radical (unpaired) electrons. The zero-order valence-corrected chi connectivity index (χ0v) is 19.8. The van der Waals surface area contributed by atoms with Crippen LogP contribution in [0.2, 0.25) is 5.02 Å². The number of nitrogens with zero attached hydrogens (tertiary/aromatic N) is 1. The minimum absolute atomic E-state index is 0.0201. The van der Waals surface area contributed by atoms with E-state index in [-0.39, 0.29) is 34.5 Å². The van der Waals surface area contributed by atoms with E-state index < -0.39 is 29.5 Å². The SMILES string of the molecule is CC[C@@H](N[C@H](C)CC(N)=O)c1ccc(Cl)c(Oc2ccc(F)c(C(=O)N3CCOCC3)c2)c1F. The van der Waals surface area contributed by atoms with Gasteiger partial charge in [-0.05, 0) is 37.6 Å². The van der Waals surface area contributed by atoms with E-state index in [9.17, 15) is 14.0 Å². The van der Waals surface area contributed by atoms with Gasteiger partial charge in [0.1, 0.15) is 11.6 Å². The number of nitrogens with two attached hydrogens (primary N) is 1. The van der Waals surface area contributed by atoms with Crippen LogP contribution in [0.3, 0.4) is 0 Å². The molecule has 34 heavy (non-hydrogen) atoms. The van der Waals surface area contributed by atoms with E-state index in [0.717, 1.165) is 6.07 Å². The van der Waals surface area contributed by atoms with Gasteiger partial charge in [0.15, 0.2) is 11.6 Å². The lowest BCUT2D eigenvalue weighted by molar-refractivity contribution is -0.118. The molecule has 7 nitrogen and oxygen atoms in total. The monoisotopic (exact) mass is 495 g/mol. The van der Waals surface area contributed by atoms with Gasteiger partial charge >= 0.3 is 0 Å².